The molecular formula is C15H16ClNO2. The minimum absolute atomic E-state index is 0.140. The number of phenols is 2. The van der Waals surface area contributed by atoms with Crippen molar-refractivity contribution in [3.63, 3.8) is 0 Å². The fraction of sp³-hybridized carbons (Fsp3) is 0.200. The summed E-state index contributed by atoms with van der Waals surface area (Å²) in [4.78, 5) is 0. The third kappa shape index (κ3) is 3.88. The summed E-state index contributed by atoms with van der Waals surface area (Å²) in [6.07, 6.45) is 0.863. The third-order valence-corrected chi connectivity index (χ3v) is 3.22. The van der Waals surface area contributed by atoms with Crippen LogP contribution in [0.4, 0.5) is 0 Å². The highest BCUT2D eigenvalue weighted by Gasteiger charge is 2.04. The molecule has 0 bridgehead atoms. The molecule has 0 aromatic heterocycles. The zero-order chi connectivity index (χ0) is 13.7. The number of hydrogen-bond acceptors (Lipinski definition) is 3. The smallest absolute Gasteiger partial charge is 0.138 e. The lowest BCUT2D eigenvalue weighted by atomic mass is 10.1. The fourth-order valence-corrected chi connectivity index (χ4v) is 2.02. The summed E-state index contributed by atoms with van der Waals surface area (Å²) in [6.45, 7) is 1.36. The van der Waals surface area contributed by atoms with E-state index in [0.29, 0.717) is 11.6 Å². The first-order chi connectivity index (χ1) is 9.16. The first-order valence-corrected chi connectivity index (χ1v) is 6.49. The Morgan fingerprint density at radius 2 is 1.74 bits per heavy atom. The normalized spacial score (nSPS) is 10.6. The molecule has 0 atom stereocenters. The van der Waals surface area contributed by atoms with Gasteiger partial charge in [0, 0.05) is 12.1 Å². The Balaban J connectivity index is 1.81. The second-order valence-electron chi connectivity index (χ2n) is 4.34. The van der Waals surface area contributed by atoms with Crippen LogP contribution in [0.25, 0.3) is 0 Å². The number of rotatable bonds is 5. The molecule has 0 saturated carbocycles. The van der Waals surface area contributed by atoms with E-state index in [1.54, 1.807) is 18.2 Å². The van der Waals surface area contributed by atoms with Gasteiger partial charge in [-0.15, -0.1) is 0 Å². The van der Waals surface area contributed by atoms with E-state index in [1.165, 1.54) is 0 Å². The molecule has 4 heteroatoms. The van der Waals surface area contributed by atoms with Crippen LogP contribution in [0.2, 0.25) is 5.02 Å². The summed E-state index contributed by atoms with van der Waals surface area (Å²) < 4.78 is 0. The first-order valence-electron chi connectivity index (χ1n) is 6.12. The van der Waals surface area contributed by atoms with E-state index in [-0.39, 0.29) is 11.5 Å². The lowest BCUT2D eigenvalue weighted by molar-refractivity contribution is 0.465. The maximum absolute atomic E-state index is 9.74. The quantitative estimate of drug-likeness (QED) is 0.736. The van der Waals surface area contributed by atoms with E-state index in [4.69, 9.17) is 11.6 Å². The van der Waals surface area contributed by atoms with Gasteiger partial charge in [-0.1, -0.05) is 35.9 Å². The summed E-state index contributed by atoms with van der Waals surface area (Å²) in [6, 6.07) is 12.5. The van der Waals surface area contributed by atoms with Crippen LogP contribution in [0.1, 0.15) is 11.1 Å². The maximum atomic E-state index is 9.74. The van der Waals surface area contributed by atoms with E-state index in [9.17, 15) is 10.2 Å². The van der Waals surface area contributed by atoms with Crippen LogP contribution in [-0.2, 0) is 13.0 Å². The van der Waals surface area contributed by atoms with Gasteiger partial charge in [0.25, 0.3) is 0 Å². The molecule has 2 aromatic rings. The minimum Gasteiger partial charge on any atom is -0.508 e. The Hall–Kier alpha value is -1.71. The summed E-state index contributed by atoms with van der Waals surface area (Å²) in [5, 5.41) is 22.5. The number of benzene rings is 2. The van der Waals surface area contributed by atoms with Crippen molar-refractivity contribution in [3.8, 4) is 11.5 Å². The van der Waals surface area contributed by atoms with Gasteiger partial charge >= 0.3 is 0 Å². The summed E-state index contributed by atoms with van der Waals surface area (Å²) in [5.74, 6) is 0.418. The van der Waals surface area contributed by atoms with Crippen molar-refractivity contribution in [1.82, 2.24) is 5.32 Å². The molecule has 19 heavy (non-hydrogen) atoms. The van der Waals surface area contributed by atoms with E-state index in [0.717, 1.165) is 24.1 Å². The number of nitrogens with one attached hydrogen (secondary N) is 1. The minimum atomic E-state index is 0.140. The van der Waals surface area contributed by atoms with Crippen molar-refractivity contribution in [2.45, 2.75) is 13.0 Å². The molecule has 0 unspecified atom stereocenters. The summed E-state index contributed by atoms with van der Waals surface area (Å²) in [7, 11) is 0. The van der Waals surface area contributed by atoms with Gasteiger partial charge in [0.1, 0.15) is 11.5 Å². The highest BCUT2D eigenvalue weighted by Crippen LogP contribution is 2.26. The predicted molar refractivity (Wildman–Crippen MR) is 76.6 cm³/mol. The standard InChI is InChI=1S/C15H16ClNO2/c16-14-3-1-2-12(15(14)19)10-17-9-8-11-4-6-13(18)7-5-11/h1-7,17-19H,8-10H2. The molecule has 2 rings (SSSR count). The van der Waals surface area contributed by atoms with Crippen LogP contribution in [-0.4, -0.2) is 16.8 Å². The van der Waals surface area contributed by atoms with Crippen LogP contribution in [0, 0.1) is 0 Å². The van der Waals surface area contributed by atoms with Gasteiger partial charge in [0.05, 0.1) is 5.02 Å². The second kappa shape index (κ2) is 6.45. The Bertz CT molecular complexity index is 540. The van der Waals surface area contributed by atoms with Crippen LogP contribution in [0.3, 0.4) is 0 Å². The van der Waals surface area contributed by atoms with Crippen molar-refractivity contribution < 1.29 is 10.2 Å². The number of aromatic hydroxyl groups is 2. The van der Waals surface area contributed by atoms with Crippen molar-refractivity contribution in [3.05, 3.63) is 58.6 Å². The molecular weight excluding hydrogens is 262 g/mol. The number of para-hydroxylation sites is 1. The monoisotopic (exact) mass is 277 g/mol. The predicted octanol–water partition coefficient (Wildman–Crippen LogP) is 3.08. The van der Waals surface area contributed by atoms with E-state index in [1.807, 2.05) is 24.3 Å². The molecule has 0 aliphatic rings. The van der Waals surface area contributed by atoms with Crippen molar-refractivity contribution >= 4 is 11.6 Å². The Morgan fingerprint density at radius 3 is 2.47 bits per heavy atom. The highest BCUT2D eigenvalue weighted by atomic mass is 35.5. The Labute approximate surface area is 117 Å². The molecule has 0 saturated heterocycles. The van der Waals surface area contributed by atoms with Crippen LogP contribution < -0.4 is 5.32 Å². The lowest BCUT2D eigenvalue weighted by Gasteiger charge is -2.08. The van der Waals surface area contributed by atoms with Gasteiger partial charge in [0.2, 0.25) is 0 Å². The van der Waals surface area contributed by atoms with Crippen molar-refractivity contribution in [2.75, 3.05) is 6.54 Å². The van der Waals surface area contributed by atoms with Gasteiger partial charge in [-0.05, 0) is 36.7 Å². The molecule has 0 heterocycles. The van der Waals surface area contributed by atoms with Gasteiger partial charge in [-0.2, -0.15) is 0 Å². The average Bonchev–Trinajstić information content (AvgIpc) is 2.41. The fourth-order valence-electron chi connectivity index (χ4n) is 1.82. The van der Waals surface area contributed by atoms with Crippen molar-refractivity contribution in [1.29, 1.82) is 0 Å². The third-order valence-electron chi connectivity index (χ3n) is 2.91. The number of phenolic OH excluding ortho intramolecular Hbond substituents is 2. The zero-order valence-corrected chi connectivity index (χ0v) is 11.2. The molecule has 0 amide bonds. The summed E-state index contributed by atoms with van der Waals surface area (Å²) >= 11 is 5.84. The lowest BCUT2D eigenvalue weighted by Crippen LogP contribution is -2.16. The van der Waals surface area contributed by atoms with Crippen LogP contribution >= 0.6 is 11.6 Å². The molecule has 0 aliphatic carbocycles. The molecule has 100 valence electrons. The van der Waals surface area contributed by atoms with Gasteiger partial charge in [-0.25, -0.2) is 0 Å². The van der Waals surface area contributed by atoms with Gasteiger partial charge in [-0.3, -0.25) is 0 Å². The van der Waals surface area contributed by atoms with Crippen LogP contribution in [0.15, 0.2) is 42.5 Å². The van der Waals surface area contributed by atoms with E-state index >= 15 is 0 Å². The zero-order valence-electron chi connectivity index (χ0n) is 10.4. The molecule has 0 aliphatic heterocycles. The largest absolute Gasteiger partial charge is 0.508 e. The average molecular weight is 278 g/mol. The van der Waals surface area contributed by atoms with Crippen LogP contribution in [0.5, 0.6) is 11.5 Å². The second-order valence-corrected chi connectivity index (χ2v) is 4.75. The number of halogens is 1. The SMILES string of the molecule is Oc1ccc(CCNCc2cccc(Cl)c2O)cc1. The maximum Gasteiger partial charge on any atom is 0.138 e. The highest BCUT2D eigenvalue weighted by molar-refractivity contribution is 6.32. The first kappa shape index (κ1) is 13.7. The Kier molecular flexibility index (Phi) is 4.66. The molecule has 2 aromatic carbocycles. The molecule has 0 fully saturated rings. The Morgan fingerprint density at radius 1 is 1.00 bits per heavy atom. The van der Waals surface area contributed by atoms with E-state index < -0.39 is 0 Å². The van der Waals surface area contributed by atoms with Crippen molar-refractivity contribution in [2.24, 2.45) is 0 Å². The topological polar surface area (TPSA) is 52.5 Å². The van der Waals surface area contributed by atoms with E-state index in [2.05, 4.69) is 5.32 Å². The molecule has 3 N–H and O–H groups in total. The summed E-state index contributed by atoms with van der Waals surface area (Å²) in [5.41, 5.74) is 1.94. The van der Waals surface area contributed by atoms with Gasteiger partial charge in [0.15, 0.2) is 0 Å². The molecule has 0 spiro atoms. The van der Waals surface area contributed by atoms with Gasteiger partial charge < -0.3 is 15.5 Å². The number of hydrogen-bond donors (Lipinski definition) is 3. The molecule has 0 radical (unpaired) electrons. The molecule has 3 nitrogen and oxygen atoms in total.